The molecule has 0 amide bonds. The lowest BCUT2D eigenvalue weighted by Crippen LogP contribution is -2.47. The van der Waals surface area contributed by atoms with E-state index in [1.807, 2.05) is 30.3 Å². The summed E-state index contributed by atoms with van der Waals surface area (Å²) in [6, 6.07) is 14.2. The van der Waals surface area contributed by atoms with Gasteiger partial charge in [-0.3, -0.25) is 0 Å². The molecular weight excluding hydrogens is 479 g/mol. The van der Waals surface area contributed by atoms with Gasteiger partial charge in [0, 0.05) is 50.5 Å². The average molecular weight is 504 g/mol. The van der Waals surface area contributed by atoms with Gasteiger partial charge in [0.05, 0.1) is 18.8 Å². The minimum Gasteiger partial charge on any atom is -0.378 e. The van der Waals surface area contributed by atoms with Gasteiger partial charge in [0.1, 0.15) is 17.5 Å². The Bertz CT molecular complexity index is 1180. The van der Waals surface area contributed by atoms with E-state index in [9.17, 15) is 13.2 Å². The van der Waals surface area contributed by atoms with Gasteiger partial charge in [0.15, 0.2) is 0 Å². The van der Waals surface area contributed by atoms with Gasteiger partial charge in [0.25, 0.3) is 0 Å². The van der Waals surface area contributed by atoms with E-state index in [0.29, 0.717) is 44.4 Å². The number of benzene rings is 1. The van der Waals surface area contributed by atoms with E-state index in [4.69, 9.17) is 21.3 Å². The van der Waals surface area contributed by atoms with Crippen LogP contribution >= 0.6 is 11.6 Å². The molecule has 2 aliphatic rings. The van der Waals surface area contributed by atoms with Crippen molar-refractivity contribution >= 4 is 29.1 Å². The van der Waals surface area contributed by atoms with Crippen molar-refractivity contribution in [2.75, 3.05) is 67.2 Å². The number of morpholine rings is 1. The first kappa shape index (κ1) is 23.7. The second-order valence-corrected chi connectivity index (χ2v) is 8.96. The molecule has 0 radical (unpaired) electrons. The van der Waals surface area contributed by atoms with Crippen LogP contribution in [0.3, 0.4) is 0 Å². The first-order valence-electron chi connectivity index (χ1n) is 11.5. The van der Waals surface area contributed by atoms with E-state index in [0.717, 1.165) is 41.9 Å². The van der Waals surface area contributed by atoms with Crippen molar-refractivity contribution in [2.24, 2.45) is 0 Å². The number of ether oxygens (including phenoxy) is 1. The number of hydrogen-bond donors (Lipinski definition) is 0. The highest BCUT2D eigenvalue weighted by atomic mass is 35.5. The molecule has 5 rings (SSSR count). The predicted octanol–water partition coefficient (Wildman–Crippen LogP) is 4.98. The van der Waals surface area contributed by atoms with Crippen molar-refractivity contribution < 1.29 is 17.9 Å². The van der Waals surface area contributed by atoms with Crippen LogP contribution in [-0.2, 0) is 10.9 Å². The summed E-state index contributed by atoms with van der Waals surface area (Å²) in [4.78, 5) is 15.0. The molecule has 2 fully saturated rings. The normalized spacial score (nSPS) is 17.1. The maximum absolute atomic E-state index is 13.5. The number of aromatic nitrogens is 2. The third kappa shape index (κ3) is 5.31. The van der Waals surface area contributed by atoms with Gasteiger partial charge in [-0.05, 0) is 47.5 Å². The molecule has 10 heteroatoms. The number of piperazine rings is 1. The molecule has 2 aliphatic heterocycles. The smallest absolute Gasteiger partial charge is 0.378 e. The predicted molar refractivity (Wildman–Crippen MR) is 131 cm³/mol. The summed E-state index contributed by atoms with van der Waals surface area (Å²) < 4.78 is 46.0. The Morgan fingerprint density at radius 3 is 2.09 bits per heavy atom. The van der Waals surface area contributed by atoms with Crippen LogP contribution in [0.4, 0.5) is 30.6 Å². The first-order chi connectivity index (χ1) is 16.9. The highest BCUT2D eigenvalue weighted by molar-refractivity contribution is 6.30. The molecule has 2 aromatic heterocycles. The van der Waals surface area contributed by atoms with Gasteiger partial charge in [-0.1, -0.05) is 23.7 Å². The van der Waals surface area contributed by atoms with Crippen molar-refractivity contribution in [3.05, 3.63) is 65.3 Å². The third-order valence-corrected chi connectivity index (χ3v) is 6.52. The molecule has 6 nitrogen and oxygen atoms in total. The van der Waals surface area contributed by atoms with E-state index in [2.05, 4.69) is 20.9 Å². The molecule has 0 aliphatic carbocycles. The summed E-state index contributed by atoms with van der Waals surface area (Å²) in [6.45, 7) is 4.67. The molecule has 0 spiro atoms. The molecule has 0 N–H and O–H groups in total. The number of hydrogen-bond acceptors (Lipinski definition) is 6. The highest BCUT2D eigenvalue weighted by Crippen LogP contribution is 2.36. The van der Waals surface area contributed by atoms with Crippen LogP contribution in [0.15, 0.2) is 54.7 Å². The number of alkyl halides is 3. The second-order valence-electron chi connectivity index (χ2n) is 8.53. The quantitative estimate of drug-likeness (QED) is 0.500. The number of nitrogens with zero attached hydrogens (tertiary/aromatic N) is 5. The molecule has 1 aromatic carbocycles. The standard InChI is InChI=1S/C25H25ClF3N5O/c26-20-4-1-3-18(15-20)19-16-22(31-23(17-19)33-11-13-35-14-12-33)32-7-9-34(10-8-32)24-21(25(27,28)29)5-2-6-30-24/h1-6,15-17H,7-14H2. The Kier molecular flexibility index (Phi) is 6.71. The van der Waals surface area contributed by atoms with Gasteiger partial charge in [-0.25, -0.2) is 9.97 Å². The van der Waals surface area contributed by atoms with Crippen molar-refractivity contribution in [3.63, 3.8) is 0 Å². The van der Waals surface area contributed by atoms with Gasteiger partial charge in [-0.2, -0.15) is 13.2 Å². The zero-order valence-corrected chi connectivity index (χ0v) is 19.8. The van der Waals surface area contributed by atoms with Crippen LogP contribution in [0.5, 0.6) is 0 Å². The molecule has 35 heavy (non-hydrogen) atoms. The van der Waals surface area contributed by atoms with E-state index >= 15 is 0 Å². The molecule has 0 saturated carbocycles. The third-order valence-electron chi connectivity index (χ3n) is 6.29. The van der Waals surface area contributed by atoms with Crippen LogP contribution in [0, 0.1) is 0 Å². The van der Waals surface area contributed by atoms with Gasteiger partial charge in [-0.15, -0.1) is 0 Å². The monoisotopic (exact) mass is 503 g/mol. The highest BCUT2D eigenvalue weighted by Gasteiger charge is 2.36. The Hall–Kier alpha value is -3.04. The van der Waals surface area contributed by atoms with Crippen LogP contribution in [0.1, 0.15) is 5.56 Å². The zero-order chi connectivity index (χ0) is 24.4. The molecule has 0 atom stereocenters. The first-order valence-corrected chi connectivity index (χ1v) is 11.9. The van der Waals surface area contributed by atoms with E-state index < -0.39 is 11.7 Å². The fourth-order valence-electron chi connectivity index (χ4n) is 4.47. The Morgan fingerprint density at radius 1 is 0.771 bits per heavy atom. The second kappa shape index (κ2) is 9.91. The van der Waals surface area contributed by atoms with Gasteiger partial charge >= 0.3 is 6.18 Å². The largest absolute Gasteiger partial charge is 0.419 e. The molecule has 2 saturated heterocycles. The average Bonchev–Trinajstić information content (AvgIpc) is 2.88. The van der Waals surface area contributed by atoms with Crippen LogP contribution < -0.4 is 14.7 Å². The number of pyridine rings is 2. The van der Waals surface area contributed by atoms with Crippen LogP contribution in [0.25, 0.3) is 11.1 Å². The van der Waals surface area contributed by atoms with Gasteiger partial charge in [0.2, 0.25) is 0 Å². The molecule has 184 valence electrons. The van der Waals surface area contributed by atoms with E-state index in [-0.39, 0.29) is 5.82 Å². The lowest BCUT2D eigenvalue weighted by Gasteiger charge is -2.37. The number of halogens is 4. The lowest BCUT2D eigenvalue weighted by molar-refractivity contribution is -0.137. The summed E-state index contributed by atoms with van der Waals surface area (Å²) >= 11 is 6.25. The Labute approximate surface area is 206 Å². The Balaban J connectivity index is 1.42. The minimum absolute atomic E-state index is 0.0192. The van der Waals surface area contributed by atoms with Crippen molar-refractivity contribution in [1.29, 1.82) is 0 Å². The number of rotatable bonds is 4. The molecule has 4 heterocycles. The summed E-state index contributed by atoms with van der Waals surface area (Å²) in [7, 11) is 0. The minimum atomic E-state index is -4.44. The van der Waals surface area contributed by atoms with Gasteiger partial charge < -0.3 is 19.4 Å². The molecular formula is C25H25ClF3N5O. The Morgan fingerprint density at radius 2 is 1.43 bits per heavy atom. The summed E-state index contributed by atoms with van der Waals surface area (Å²) in [5.74, 6) is 1.63. The zero-order valence-electron chi connectivity index (χ0n) is 19.0. The molecule has 0 unspecified atom stereocenters. The topological polar surface area (TPSA) is 44.7 Å². The van der Waals surface area contributed by atoms with E-state index in [1.54, 1.807) is 4.90 Å². The maximum atomic E-state index is 13.5. The SMILES string of the molecule is FC(F)(F)c1cccnc1N1CCN(c2cc(-c3cccc(Cl)c3)cc(N3CCOCC3)n2)CC1. The van der Waals surface area contributed by atoms with Crippen molar-refractivity contribution in [1.82, 2.24) is 9.97 Å². The lowest BCUT2D eigenvalue weighted by atomic mass is 10.1. The molecule has 3 aromatic rings. The van der Waals surface area contributed by atoms with Crippen LogP contribution in [-0.4, -0.2) is 62.5 Å². The van der Waals surface area contributed by atoms with E-state index in [1.165, 1.54) is 12.3 Å². The van der Waals surface area contributed by atoms with Crippen LogP contribution in [0.2, 0.25) is 5.02 Å². The van der Waals surface area contributed by atoms with Crippen molar-refractivity contribution in [3.8, 4) is 11.1 Å². The fourth-order valence-corrected chi connectivity index (χ4v) is 4.66. The molecule has 0 bridgehead atoms. The maximum Gasteiger partial charge on any atom is 0.419 e. The fraction of sp³-hybridized carbons (Fsp3) is 0.360. The summed E-state index contributed by atoms with van der Waals surface area (Å²) in [6.07, 6.45) is -3.04. The van der Waals surface area contributed by atoms with Crippen molar-refractivity contribution in [2.45, 2.75) is 6.18 Å². The summed E-state index contributed by atoms with van der Waals surface area (Å²) in [5, 5.41) is 0.651. The number of anilines is 3. The summed E-state index contributed by atoms with van der Waals surface area (Å²) in [5.41, 5.74) is 1.27.